The van der Waals surface area contributed by atoms with E-state index in [1.54, 1.807) is 25.1 Å². The van der Waals surface area contributed by atoms with Crippen LogP contribution in [0.5, 0.6) is 0 Å². The third kappa shape index (κ3) is 3.94. The number of anilines is 1. The molecule has 0 atom stereocenters. The van der Waals surface area contributed by atoms with Crippen molar-refractivity contribution in [2.75, 3.05) is 5.32 Å². The van der Waals surface area contributed by atoms with Crippen molar-refractivity contribution in [3.63, 3.8) is 0 Å². The number of aromatic nitrogens is 2. The predicted octanol–water partition coefficient (Wildman–Crippen LogP) is 3.04. The second kappa shape index (κ2) is 6.20. The number of carbonyl (C=O) groups excluding carboxylic acids is 1. The zero-order valence-electron chi connectivity index (χ0n) is 13.2. The van der Waals surface area contributed by atoms with Crippen LogP contribution in [-0.2, 0) is 4.79 Å². The summed E-state index contributed by atoms with van der Waals surface area (Å²) in [6.45, 7) is 3.78. The van der Waals surface area contributed by atoms with Crippen molar-refractivity contribution < 1.29 is 4.79 Å². The van der Waals surface area contributed by atoms with Crippen LogP contribution < -0.4 is 10.9 Å². The number of hydrogen-bond donors (Lipinski definition) is 2. The molecule has 118 valence electrons. The molecule has 0 unspecified atom stereocenters. The number of nitrogens with one attached hydrogen (secondary N) is 2. The minimum Gasteiger partial charge on any atom is -0.323 e. The summed E-state index contributed by atoms with van der Waals surface area (Å²) in [5.74, 6) is 1.01. The van der Waals surface area contributed by atoms with Crippen LogP contribution in [0.3, 0.4) is 0 Å². The summed E-state index contributed by atoms with van der Waals surface area (Å²) in [4.78, 5) is 30.5. The first-order chi connectivity index (χ1) is 11.0. The minimum absolute atomic E-state index is 0.107. The zero-order valence-corrected chi connectivity index (χ0v) is 13.2. The molecule has 0 saturated heterocycles. The van der Waals surface area contributed by atoms with Gasteiger partial charge in [0.05, 0.1) is 0 Å². The van der Waals surface area contributed by atoms with Crippen LogP contribution in [-0.4, -0.2) is 15.9 Å². The molecular formula is C18H19N3O2. The van der Waals surface area contributed by atoms with E-state index in [1.807, 2.05) is 19.1 Å². The van der Waals surface area contributed by atoms with E-state index in [2.05, 4.69) is 15.3 Å². The Balaban J connectivity index is 1.73. The fourth-order valence-electron chi connectivity index (χ4n) is 2.47. The van der Waals surface area contributed by atoms with Crippen LogP contribution in [0.1, 0.15) is 25.5 Å². The molecule has 5 nitrogen and oxygen atoms in total. The van der Waals surface area contributed by atoms with Gasteiger partial charge < -0.3 is 10.3 Å². The van der Waals surface area contributed by atoms with E-state index < -0.39 is 0 Å². The van der Waals surface area contributed by atoms with Gasteiger partial charge >= 0.3 is 0 Å². The van der Waals surface area contributed by atoms with Gasteiger partial charge in [0.2, 0.25) is 5.91 Å². The van der Waals surface area contributed by atoms with E-state index >= 15 is 0 Å². The highest BCUT2D eigenvalue weighted by atomic mass is 16.1. The summed E-state index contributed by atoms with van der Waals surface area (Å²) in [5, 5.41) is 2.85. The van der Waals surface area contributed by atoms with Crippen LogP contribution in [0.4, 0.5) is 5.69 Å². The zero-order chi connectivity index (χ0) is 16.4. The Bertz CT molecular complexity index is 815. The number of amides is 1. The maximum atomic E-state index is 12.0. The molecule has 1 saturated carbocycles. The summed E-state index contributed by atoms with van der Waals surface area (Å²) in [6, 6.07) is 8.70. The van der Waals surface area contributed by atoms with Crippen molar-refractivity contribution >= 4 is 11.6 Å². The minimum atomic E-state index is -0.175. The molecule has 0 radical (unpaired) electrons. The number of rotatable bonds is 4. The van der Waals surface area contributed by atoms with Gasteiger partial charge in [-0.3, -0.25) is 9.59 Å². The lowest BCUT2D eigenvalue weighted by Crippen LogP contribution is -2.10. The highest BCUT2D eigenvalue weighted by Crippen LogP contribution is 2.35. The number of H-pyrrole nitrogens is 1. The molecule has 1 fully saturated rings. The standard InChI is InChI=1S/C18H19N3O2/c1-11(13-3-4-13)9-16(22)20-15-7-5-14(6-8-15)18-19-12(2)10-17(23)21-18/h5-10,13H,3-4H2,1-2H3,(H,20,22)(H,19,21,23)/b11-9-. The normalized spacial score (nSPS) is 14.6. The Morgan fingerprint density at radius 1 is 1.30 bits per heavy atom. The first-order valence-electron chi connectivity index (χ1n) is 7.69. The number of aryl methyl sites for hydroxylation is 1. The second-order valence-corrected chi connectivity index (χ2v) is 5.96. The molecule has 2 N–H and O–H groups in total. The van der Waals surface area contributed by atoms with Crippen LogP contribution in [0, 0.1) is 12.8 Å². The lowest BCUT2D eigenvalue weighted by atomic mass is 10.1. The molecule has 0 aliphatic heterocycles. The summed E-state index contributed by atoms with van der Waals surface area (Å²) < 4.78 is 0. The molecule has 1 aliphatic carbocycles. The number of hydrogen-bond acceptors (Lipinski definition) is 3. The van der Waals surface area contributed by atoms with E-state index in [0.29, 0.717) is 23.1 Å². The Morgan fingerprint density at radius 2 is 2.00 bits per heavy atom. The van der Waals surface area contributed by atoms with Crippen molar-refractivity contribution in [2.45, 2.75) is 26.7 Å². The molecule has 1 heterocycles. The first-order valence-corrected chi connectivity index (χ1v) is 7.69. The number of nitrogens with zero attached hydrogens (tertiary/aromatic N) is 1. The first kappa shape index (κ1) is 15.2. The Labute approximate surface area is 134 Å². The van der Waals surface area contributed by atoms with Crippen LogP contribution in [0.15, 0.2) is 46.8 Å². The Morgan fingerprint density at radius 3 is 2.61 bits per heavy atom. The third-order valence-corrected chi connectivity index (χ3v) is 3.88. The maximum absolute atomic E-state index is 12.0. The molecule has 0 spiro atoms. The van der Waals surface area contributed by atoms with Gasteiger partial charge in [-0.2, -0.15) is 0 Å². The summed E-state index contributed by atoms with van der Waals surface area (Å²) in [7, 11) is 0. The van der Waals surface area contributed by atoms with Crippen molar-refractivity contribution in [1.29, 1.82) is 0 Å². The molecule has 1 aromatic carbocycles. The quantitative estimate of drug-likeness (QED) is 0.852. The van der Waals surface area contributed by atoms with E-state index in [-0.39, 0.29) is 11.5 Å². The molecule has 5 heteroatoms. The van der Waals surface area contributed by atoms with Crippen LogP contribution in [0.25, 0.3) is 11.4 Å². The molecular weight excluding hydrogens is 290 g/mol. The van der Waals surface area contributed by atoms with E-state index in [0.717, 1.165) is 11.1 Å². The lowest BCUT2D eigenvalue weighted by Gasteiger charge is -2.06. The Kier molecular flexibility index (Phi) is 4.10. The highest BCUT2D eigenvalue weighted by Gasteiger charge is 2.23. The third-order valence-electron chi connectivity index (χ3n) is 3.88. The summed E-state index contributed by atoms with van der Waals surface area (Å²) >= 11 is 0. The van der Waals surface area contributed by atoms with Gasteiger partial charge in [0.15, 0.2) is 0 Å². The highest BCUT2D eigenvalue weighted by molar-refractivity contribution is 5.99. The van der Waals surface area contributed by atoms with Gasteiger partial charge in [0, 0.05) is 29.1 Å². The predicted molar refractivity (Wildman–Crippen MR) is 90.1 cm³/mol. The van der Waals surface area contributed by atoms with Gasteiger partial charge in [-0.05, 0) is 56.9 Å². The average Bonchev–Trinajstić information content (AvgIpc) is 3.31. The van der Waals surface area contributed by atoms with E-state index in [4.69, 9.17) is 0 Å². The second-order valence-electron chi connectivity index (χ2n) is 5.96. The number of aromatic amines is 1. The van der Waals surface area contributed by atoms with Crippen molar-refractivity contribution in [3.05, 3.63) is 58.0 Å². The largest absolute Gasteiger partial charge is 0.323 e. The number of benzene rings is 1. The van der Waals surface area contributed by atoms with E-state index in [1.165, 1.54) is 18.9 Å². The Hall–Kier alpha value is -2.69. The van der Waals surface area contributed by atoms with Crippen LogP contribution in [0.2, 0.25) is 0 Å². The molecule has 2 aromatic rings. The monoisotopic (exact) mass is 309 g/mol. The average molecular weight is 309 g/mol. The van der Waals surface area contributed by atoms with Gasteiger partial charge in [-0.1, -0.05) is 5.57 Å². The molecule has 1 aromatic heterocycles. The SMILES string of the molecule is C/C(=C/C(=O)Nc1ccc(-c2nc(C)cc(=O)[nH]2)cc1)C1CC1. The van der Waals surface area contributed by atoms with Crippen LogP contribution >= 0.6 is 0 Å². The molecule has 0 bridgehead atoms. The molecule has 3 rings (SSSR count). The fourth-order valence-corrected chi connectivity index (χ4v) is 2.47. The van der Waals surface area contributed by atoms with Gasteiger partial charge in [-0.25, -0.2) is 4.98 Å². The van der Waals surface area contributed by atoms with Crippen molar-refractivity contribution in [2.24, 2.45) is 5.92 Å². The van der Waals surface area contributed by atoms with E-state index in [9.17, 15) is 9.59 Å². The fraction of sp³-hybridized carbons (Fsp3) is 0.278. The smallest absolute Gasteiger partial charge is 0.251 e. The van der Waals surface area contributed by atoms with Gasteiger partial charge in [-0.15, -0.1) is 0 Å². The summed E-state index contributed by atoms with van der Waals surface area (Å²) in [5.41, 5.74) is 3.15. The van der Waals surface area contributed by atoms with Crippen molar-refractivity contribution in [1.82, 2.24) is 9.97 Å². The molecule has 1 aliphatic rings. The number of allylic oxidation sites excluding steroid dienone is 1. The lowest BCUT2D eigenvalue weighted by molar-refractivity contribution is -0.112. The maximum Gasteiger partial charge on any atom is 0.251 e. The van der Waals surface area contributed by atoms with Gasteiger partial charge in [0.25, 0.3) is 5.56 Å². The number of carbonyl (C=O) groups is 1. The summed E-state index contributed by atoms with van der Waals surface area (Å²) in [6.07, 6.45) is 4.04. The molecule has 1 amide bonds. The molecule has 23 heavy (non-hydrogen) atoms. The topological polar surface area (TPSA) is 74.8 Å². The van der Waals surface area contributed by atoms with Crippen molar-refractivity contribution in [3.8, 4) is 11.4 Å². The van der Waals surface area contributed by atoms with Gasteiger partial charge in [0.1, 0.15) is 5.82 Å².